The molecule has 1 aliphatic rings. The molecule has 0 spiro atoms. The van der Waals surface area contributed by atoms with E-state index in [0.717, 1.165) is 12.5 Å². The van der Waals surface area contributed by atoms with Crippen LogP contribution in [0.4, 0.5) is 8.78 Å². The minimum atomic E-state index is -0.751. The summed E-state index contributed by atoms with van der Waals surface area (Å²) in [7, 11) is 0. The predicted octanol–water partition coefficient (Wildman–Crippen LogP) is 2.42. The van der Waals surface area contributed by atoms with Gasteiger partial charge in [0.1, 0.15) is 11.6 Å². The summed E-state index contributed by atoms with van der Waals surface area (Å²) in [5.74, 6) is -1.14. The predicted molar refractivity (Wildman–Crippen MR) is 48.9 cm³/mol. The second kappa shape index (κ2) is 3.31. The van der Waals surface area contributed by atoms with Crippen molar-refractivity contribution in [1.29, 1.82) is 0 Å². The molecule has 0 aromatic heterocycles. The van der Waals surface area contributed by atoms with Crippen molar-refractivity contribution in [3.05, 3.63) is 35.4 Å². The van der Waals surface area contributed by atoms with Gasteiger partial charge in [-0.05, 0) is 30.9 Å². The standard InChI is InChI=1S/C11H12F2O/c12-9-3-2-8(10(13)6-9)7-11(14)4-1-5-11/h2-3,6,14H,1,4-5,7H2. The van der Waals surface area contributed by atoms with E-state index in [9.17, 15) is 13.9 Å². The maximum absolute atomic E-state index is 13.2. The molecular weight excluding hydrogens is 186 g/mol. The van der Waals surface area contributed by atoms with Crippen LogP contribution in [0.5, 0.6) is 0 Å². The first-order chi connectivity index (χ1) is 6.59. The summed E-state index contributed by atoms with van der Waals surface area (Å²) in [6, 6.07) is 3.48. The van der Waals surface area contributed by atoms with Gasteiger partial charge >= 0.3 is 0 Å². The maximum atomic E-state index is 13.2. The van der Waals surface area contributed by atoms with Crippen molar-refractivity contribution in [2.75, 3.05) is 0 Å². The molecule has 0 heterocycles. The van der Waals surface area contributed by atoms with Gasteiger partial charge in [0.15, 0.2) is 0 Å². The second-order valence-corrected chi connectivity index (χ2v) is 3.99. The molecule has 1 nitrogen and oxygen atoms in total. The summed E-state index contributed by atoms with van der Waals surface area (Å²) in [6.07, 6.45) is 2.70. The van der Waals surface area contributed by atoms with Crippen molar-refractivity contribution < 1.29 is 13.9 Å². The van der Waals surface area contributed by atoms with Crippen molar-refractivity contribution in [3.63, 3.8) is 0 Å². The number of aliphatic hydroxyl groups is 1. The van der Waals surface area contributed by atoms with Gasteiger partial charge in [0, 0.05) is 12.5 Å². The first-order valence-electron chi connectivity index (χ1n) is 4.75. The third-order valence-electron chi connectivity index (χ3n) is 2.82. The molecule has 0 unspecified atom stereocenters. The highest BCUT2D eigenvalue weighted by Crippen LogP contribution is 2.35. The molecule has 1 aromatic rings. The second-order valence-electron chi connectivity index (χ2n) is 3.99. The van der Waals surface area contributed by atoms with Crippen LogP contribution in [0, 0.1) is 11.6 Å². The average molecular weight is 198 g/mol. The summed E-state index contributed by atoms with van der Waals surface area (Å²) in [4.78, 5) is 0. The molecule has 0 saturated heterocycles. The van der Waals surface area contributed by atoms with Crippen LogP contribution < -0.4 is 0 Å². The fourth-order valence-corrected chi connectivity index (χ4v) is 1.78. The molecule has 14 heavy (non-hydrogen) atoms. The van der Waals surface area contributed by atoms with E-state index in [1.807, 2.05) is 0 Å². The van der Waals surface area contributed by atoms with E-state index < -0.39 is 17.2 Å². The monoisotopic (exact) mass is 198 g/mol. The normalized spacial score (nSPS) is 19.1. The first-order valence-corrected chi connectivity index (χ1v) is 4.75. The molecule has 1 saturated carbocycles. The Morgan fingerprint density at radius 1 is 1.29 bits per heavy atom. The molecule has 1 N–H and O–H groups in total. The molecule has 1 aliphatic carbocycles. The lowest BCUT2D eigenvalue weighted by Crippen LogP contribution is -2.39. The summed E-state index contributed by atoms with van der Waals surface area (Å²) >= 11 is 0. The molecule has 0 radical (unpaired) electrons. The Kier molecular flexibility index (Phi) is 2.27. The van der Waals surface area contributed by atoms with Gasteiger partial charge in [-0.2, -0.15) is 0 Å². The molecule has 0 amide bonds. The lowest BCUT2D eigenvalue weighted by molar-refractivity contribution is -0.0329. The van der Waals surface area contributed by atoms with Crippen LogP contribution in [0.15, 0.2) is 18.2 Å². The number of rotatable bonds is 2. The minimum Gasteiger partial charge on any atom is -0.390 e. The largest absolute Gasteiger partial charge is 0.390 e. The number of hydrogen-bond acceptors (Lipinski definition) is 1. The molecule has 0 atom stereocenters. The molecule has 0 aliphatic heterocycles. The van der Waals surface area contributed by atoms with E-state index in [1.165, 1.54) is 12.1 Å². The quantitative estimate of drug-likeness (QED) is 0.773. The van der Waals surface area contributed by atoms with Gasteiger partial charge in [0.25, 0.3) is 0 Å². The maximum Gasteiger partial charge on any atom is 0.129 e. The van der Waals surface area contributed by atoms with Crippen molar-refractivity contribution >= 4 is 0 Å². The third kappa shape index (κ3) is 1.77. The van der Waals surface area contributed by atoms with Gasteiger partial charge in [0.05, 0.1) is 5.60 Å². The zero-order valence-electron chi connectivity index (χ0n) is 7.76. The summed E-state index contributed by atoms with van der Waals surface area (Å²) in [5, 5.41) is 9.80. The fraction of sp³-hybridized carbons (Fsp3) is 0.455. The van der Waals surface area contributed by atoms with Crippen molar-refractivity contribution in [2.24, 2.45) is 0 Å². The highest BCUT2D eigenvalue weighted by atomic mass is 19.1. The van der Waals surface area contributed by atoms with Crippen molar-refractivity contribution in [1.82, 2.24) is 0 Å². The smallest absolute Gasteiger partial charge is 0.129 e. The van der Waals surface area contributed by atoms with Crippen LogP contribution in [0.2, 0.25) is 0 Å². The highest BCUT2D eigenvalue weighted by molar-refractivity contribution is 5.21. The van der Waals surface area contributed by atoms with Crippen molar-refractivity contribution in [2.45, 2.75) is 31.3 Å². The topological polar surface area (TPSA) is 20.2 Å². The lowest BCUT2D eigenvalue weighted by atomic mass is 9.76. The SMILES string of the molecule is OC1(Cc2ccc(F)cc2F)CCC1. The Balaban J connectivity index is 2.16. The van der Waals surface area contributed by atoms with Gasteiger partial charge in [0.2, 0.25) is 0 Å². The van der Waals surface area contributed by atoms with E-state index in [-0.39, 0.29) is 0 Å². The number of halogens is 2. The highest BCUT2D eigenvalue weighted by Gasteiger charge is 2.34. The Labute approximate surface area is 81.4 Å². The van der Waals surface area contributed by atoms with E-state index in [1.54, 1.807) is 0 Å². The van der Waals surface area contributed by atoms with Crippen LogP contribution >= 0.6 is 0 Å². The van der Waals surface area contributed by atoms with Crippen LogP contribution in [0.1, 0.15) is 24.8 Å². The van der Waals surface area contributed by atoms with Crippen LogP contribution in [0.25, 0.3) is 0 Å². The fourth-order valence-electron chi connectivity index (χ4n) is 1.78. The Morgan fingerprint density at radius 2 is 2.00 bits per heavy atom. The van der Waals surface area contributed by atoms with Gasteiger partial charge in [-0.15, -0.1) is 0 Å². The zero-order chi connectivity index (χ0) is 10.2. The third-order valence-corrected chi connectivity index (χ3v) is 2.82. The lowest BCUT2D eigenvalue weighted by Gasteiger charge is -2.36. The van der Waals surface area contributed by atoms with Gasteiger partial charge in [-0.25, -0.2) is 8.78 Å². The summed E-state index contributed by atoms with van der Waals surface area (Å²) in [6.45, 7) is 0. The van der Waals surface area contributed by atoms with Gasteiger partial charge in [-0.1, -0.05) is 6.07 Å². The Morgan fingerprint density at radius 3 is 2.50 bits per heavy atom. The van der Waals surface area contributed by atoms with E-state index >= 15 is 0 Å². The van der Waals surface area contributed by atoms with E-state index in [4.69, 9.17) is 0 Å². The zero-order valence-corrected chi connectivity index (χ0v) is 7.76. The molecule has 0 bridgehead atoms. The van der Waals surface area contributed by atoms with E-state index in [2.05, 4.69) is 0 Å². The van der Waals surface area contributed by atoms with Crippen molar-refractivity contribution in [3.8, 4) is 0 Å². The molecule has 1 aromatic carbocycles. The average Bonchev–Trinajstić information content (AvgIpc) is 2.07. The summed E-state index contributed by atoms with van der Waals surface area (Å²) < 4.78 is 25.8. The molecule has 76 valence electrons. The Bertz CT molecular complexity index is 345. The summed E-state index contributed by atoms with van der Waals surface area (Å²) in [5.41, 5.74) is -0.354. The number of hydrogen-bond donors (Lipinski definition) is 1. The van der Waals surface area contributed by atoms with Crippen LogP contribution in [-0.2, 0) is 6.42 Å². The minimum absolute atomic E-state index is 0.291. The van der Waals surface area contributed by atoms with Gasteiger partial charge < -0.3 is 5.11 Å². The number of benzene rings is 1. The van der Waals surface area contributed by atoms with E-state index in [0.29, 0.717) is 24.8 Å². The molecule has 3 heteroatoms. The first kappa shape index (κ1) is 9.59. The Hall–Kier alpha value is -0.960. The molecule has 2 rings (SSSR count). The molecular formula is C11H12F2O. The molecule has 1 fully saturated rings. The van der Waals surface area contributed by atoms with Crippen LogP contribution in [-0.4, -0.2) is 10.7 Å². The van der Waals surface area contributed by atoms with Crippen LogP contribution in [0.3, 0.4) is 0 Å². The van der Waals surface area contributed by atoms with Gasteiger partial charge in [-0.3, -0.25) is 0 Å².